The largest absolute Gasteiger partial charge is 0.502 e. The minimum Gasteiger partial charge on any atom is -0.502 e. The number of carbonyl (C=O) groups is 1. The van der Waals surface area contributed by atoms with Crippen molar-refractivity contribution in [2.24, 2.45) is 11.8 Å². The molecule has 1 amide bonds. The molecular weight excluding hydrogens is 228 g/mol. The molecule has 2 N–H and O–H groups in total. The fraction of sp³-hybridized carbons (Fsp3) is 0.786. The summed E-state index contributed by atoms with van der Waals surface area (Å²) in [5, 5.41) is 6.34. The summed E-state index contributed by atoms with van der Waals surface area (Å²) in [7, 11) is 0. The number of nitrogens with one attached hydrogen (secondary N) is 2. The number of ether oxygens (including phenoxy) is 1. The molecule has 4 nitrogen and oxygen atoms in total. The van der Waals surface area contributed by atoms with E-state index >= 15 is 0 Å². The molecule has 0 aliphatic carbocycles. The summed E-state index contributed by atoms with van der Waals surface area (Å²) in [6.45, 7) is 9.13. The van der Waals surface area contributed by atoms with Crippen LogP contribution in [0.2, 0.25) is 0 Å². The van der Waals surface area contributed by atoms with Crippen LogP contribution in [0.15, 0.2) is 12.8 Å². The highest BCUT2D eigenvalue weighted by molar-refractivity contribution is 5.76. The first-order valence-electron chi connectivity index (χ1n) is 6.94. The first kappa shape index (κ1) is 15.0. The Morgan fingerprint density at radius 1 is 1.67 bits per heavy atom. The van der Waals surface area contributed by atoms with Crippen molar-refractivity contribution < 1.29 is 9.53 Å². The zero-order valence-corrected chi connectivity index (χ0v) is 11.4. The normalized spacial score (nSPS) is 21.1. The SMILES string of the molecule is C=COCCCNC(=O)CC(C)C1CCCNC1. The highest BCUT2D eigenvalue weighted by atomic mass is 16.5. The van der Waals surface area contributed by atoms with Gasteiger partial charge in [-0.1, -0.05) is 13.5 Å². The summed E-state index contributed by atoms with van der Waals surface area (Å²) in [6, 6.07) is 0. The van der Waals surface area contributed by atoms with Crippen LogP contribution in [0.1, 0.15) is 32.6 Å². The third kappa shape index (κ3) is 6.05. The van der Waals surface area contributed by atoms with E-state index in [-0.39, 0.29) is 5.91 Å². The Morgan fingerprint density at radius 3 is 3.17 bits per heavy atom. The van der Waals surface area contributed by atoms with Crippen molar-refractivity contribution in [3.8, 4) is 0 Å². The molecule has 0 saturated carbocycles. The number of hydrogen-bond acceptors (Lipinski definition) is 3. The molecule has 1 aliphatic heterocycles. The second-order valence-corrected chi connectivity index (χ2v) is 5.03. The summed E-state index contributed by atoms with van der Waals surface area (Å²) >= 11 is 0. The summed E-state index contributed by atoms with van der Waals surface area (Å²) in [4.78, 5) is 11.7. The number of hydrogen-bond donors (Lipinski definition) is 2. The van der Waals surface area contributed by atoms with Crippen LogP contribution in [0.5, 0.6) is 0 Å². The molecule has 1 rings (SSSR count). The molecule has 1 saturated heterocycles. The Kier molecular flexibility index (Phi) is 7.49. The molecule has 0 aromatic heterocycles. The first-order valence-corrected chi connectivity index (χ1v) is 6.94. The maximum atomic E-state index is 11.7. The predicted octanol–water partition coefficient (Wildman–Crippen LogP) is 1.68. The summed E-state index contributed by atoms with van der Waals surface area (Å²) in [5.41, 5.74) is 0. The molecule has 18 heavy (non-hydrogen) atoms. The molecule has 1 fully saturated rings. The standard InChI is InChI=1S/C14H26N2O2/c1-3-18-9-5-8-16-14(17)10-12(2)13-6-4-7-15-11-13/h3,12-13,15H,1,4-11H2,2H3,(H,16,17). The van der Waals surface area contributed by atoms with Gasteiger partial charge in [0.25, 0.3) is 0 Å². The molecule has 0 aromatic rings. The molecule has 1 aliphatic rings. The van der Waals surface area contributed by atoms with Gasteiger partial charge in [0.2, 0.25) is 5.91 Å². The fourth-order valence-electron chi connectivity index (χ4n) is 2.36. The smallest absolute Gasteiger partial charge is 0.220 e. The Bertz CT molecular complexity index is 250. The van der Waals surface area contributed by atoms with Gasteiger partial charge in [0.05, 0.1) is 12.9 Å². The van der Waals surface area contributed by atoms with Crippen LogP contribution in [0.25, 0.3) is 0 Å². The number of rotatable bonds is 8. The van der Waals surface area contributed by atoms with Crippen molar-refractivity contribution in [3.63, 3.8) is 0 Å². The minimum atomic E-state index is 0.159. The molecule has 1 heterocycles. The zero-order chi connectivity index (χ0) is 13.2. The fourth-order valence-corrected chi connectivity index (χ4v) is 2.36. The molecule has 0 bridgehead atoms. The second-order valence-electron chi connectivity index (χ2n) is 5.03. The van der Waals surface area contributed by atoms with Gasteiger partial charge in [0.1, 0.15) is 0 Å². The maximum Gasteiger partial charge on any atom is 0.220 e. The van der Waals surface area contributed by atoms with Crippen LogP contribution in [0.4, 0.5) is 0 Å². The number of carbonyl (C=O) groups excluding carboxylic acids is 1. The van der Waals surface area contributed by atoms with Gasteiger partial charge in [-0.05, 0) is 44.2 Å². The third-order valence-corrected chi connectivity index (χ3v) is 3.53. The van der Waals surface area contributed by atoms with Crippen LogP contribution in [-0.4, -0.2) is 32.1 Å². The molecule has 2 unspecified atom stereocenters. The lowest BCUT2D eigenvalue weighted by atomic mass is 9.85. The molecule has 104 valence electrons. The second kappa shape index (κ2) is 8.97. The van der Waals surface area contributed by atoms with Gasteiger partial charge in [-0.15, -0.1) is 0 Å². The van der Waals surface area contributed by atoms with Crippen molar-refractivity contribution in [2.45, 2.75) is 32.6 Å². The van der Waals surface area contributed by atoms with Gasteiger partial charge in [-0.2, -0.15) is 0 Å². The minimum absolute atomic E-state index is 0.159. The first-order chi connectivity index (χ1) is 8.74. The van der Waals surface area contributed by atoms with Gasteiger partial charge in [-0.3, -0.25) is 4.79 Å². The van der Waals surface area contributed by atoms with E-state index < -0.39 is 0 Å². The molecule has 2 atom stereocenters. The quantitative estimate of drug-likeness (QED) is 0.512. The van der Waals surface area contributed by atoms with Crippen LogP contribution < -0.4 is 10.6 Å². The highest BCUT2D eigenvalue weighted by Crippen LogP contribution is 2.22. The monoisotopic (exact) mass is 254 g/mol. The lowest BCUT2D eigenvalue weighted by Gasteiger charge is -2.28. The van der Waals surface area contributed by atoms with Crippen molar-refractivity contribution in [1.29, 1.82) is 0 Å². The Balaban J connectivity index is 2.08. The molecular formula is C14H26N2O2. The van der Waals surface area contributed by atoms with E-state index in [1.807, 2.05) is 0 Å². The van der Waals surface area contributed by atoms with E-state index in [2.05, 4.69) is 24.1 Å². The van der Waals surface area contributed by atoms with E-state index in [0.717, 1.165) is 19.5 Å². The van der Waals surface area contributed by atoms with Gasteiger partial charge in [0, 0.05) is 13.0 Å². The van der Waals surface area contributed by atoms with E-state index in [9.17, 15) is 4.79 Å². The Hall–Kier alpha value is -1.03. The highest BCUT2D eigenvalue weighted by Gasteiger charge is 2.21. The van der Waals surface area contributed by atoms with Crippen molar-refractivity contribution in [1.82, 2.24) is 10.6 Å². The molecule has 0 radical (unpaired) electrons. The topological polar surface area (TPSA) is 50.4 Å². The number of amides is 1. The van der Waals surface area contributed by atoms with Gasteiger partial charge >= 0.3 is 0 Å². The average molecular weight is 254 g/mol. The van der Waals surface area contributed by atoms with Crippen molar-refractivity contribution >= 4 is 5.91 Å². The van der Waals surface area contributed by atoms with Crippen LogP contribution in [-0.2, 0) is 9.53 Å². The van der Waals surface area contributed by atoms with Crippen molar-refractivity contribution in [3.05, 3.63) is 12.8 Å². The summed E-state index contributed by atoms with van der Waals surface area (Å²) < 4.78 is 5.00. The van der Waals surface area contributed by atoms with E-state index in [0.29, 0.717) is 31.4 Å². The Labute approximate surface area is 110 Å². The van der Waals surface area contributed by atoms with Crippen LogP contribution >= 0.6 is 0 Å². The number of piperidine rings is 1. The van der Waals surface area contributed by atoms with E-state index in [4.69, 9.17) is 4.74 Å². The van der Waals surface area contributed by atoms with Crippen LogP contribution in [0, 0.1) is 11.8 Å². The lowest BCUT2D eigenvalue weighted by molar-refractivity contribution is -0.122. The van der Waals surface area contributed by atoms with Gasteiger partial charge in [0.15, 0.2) is 0 Å². The summed E-state index contributed by atoms with van der Waals surface area (Å²) in [5.74, 6) is 1.27. The lowest BCUT2D eigenvalue weighted by Crippen LogP contribution is -2.35. The van der Waals surface area contributed by atoms with E-state index in [1.54, 1.807) is 0 Å². The van der Waals surface area contributed by atoms with Gasteiger partial charge < -0.3 is 15.4 Å². The average Bonchev–Trinajstić information content (AvgIpc) is 2.39. The van der Waals surface area contributed by atoms with Crippen molar-refractivity contribution in [2.75, 3.05) is 26.2 Å². The maximum absolute atomic E-state index is 11.7. The molecule has 0 aromatic carbocycles. The zero-order valence-electron chi connectivity index (χ0n) is 11.4. The molecule has 4 heteroatoms. The molecule has 0 spiro atoms. The Morgan fingerprint density at radius 2 is 2.50 bits per heavy atom. The van der Waals surface area contributed by atoms with Gasteiger partial charge in [-0.25, -0.2) is 0 Å². The summed E-state index contributed by atoms with van der Waals surface area (Å²) in [6.07, 6.45) is 5.37. The predicted molar refractivity (Wildman–Crippen MR) is 73.2 cm³/mol. The van der Waals surface area contributed by atoms with E-state index in [1.165, 1.54) is 19.1 Å². The van der Waals surface area contributed by atoms with Crippen LogP contribution in [0.3, 0.4) is 0 Å². The third-order valence-electron chi connectivity index (χ3n) is 3.53.